The van der Waals surface area contributed by atoms with E-state index >= 15 is 0 Å². The van der Waals surface area contributed by atoms with Crippen LogP contribution in [0.25, 0.3) is 0 Å². The fraction of sp³-hybridized carbons (Fsp3) is 0.381. The van der Waals surface area contributed by atoms with Gasteiger partial charge in [-0.1, -0.05) is 17.7 Å². The predicted octanol–water partition coefficient (Wildman–Crippen LogP) is 2.08. The lowest BCUT2D eigenvalue weighted by atomic mass is 10.2. The zero-order valence-electron chi connectivity index (χ0n) is 18.9. The number of nitrogens with zero attached hydrogens (tertiary/aromatic N) is 2. The number of hydrogen-bond acceptors (Lipinski definition) is 7. The van der Waals surface area contributed by atoms with Crippen molar-refractivity contribution in [3.63, 3.8) is 0 Å². The van der Waals surface area contributed by atoms with Gasteiger partial charge < -0.3 is 14.8 Å². The van der Waals surface area contributed by atoms with Crippen LogP contribution in [0.15, 0.2) is 41.3 Å². The van der Waals surface area contributed by atoms with Crippen LogP contribution in [0.5, 0.6) is 5.75 Å². The topological polar surface area (TPSA) is 122 Å². The molecule has 3 rings (SSSR count). The fourth-order valence-electron chi connectivity index (χ4n) is 3.34. The van der Waals surface area contributed by atoms with Crippen molar-refractivity contribution in [2.45, 2.75) is 11.8 Å². The second kappa shape index (κ2) is 10.5. The smallest absolute Gasteiger partial charge is 0.245 e. The van der Waals surface area contributed by atoms with Crippen molar-refractivity contribution in [3.8, 4) is 5.75 Å². The summed E-state index contributed by atoms with van der Waals surface area (Å²) in [7, 11) is -6.27. The average molecular weight is 532 g/mol. The first-order chi connectivity index (χ1) is 15.9. The summed E-state index contributed by atoms with van der Waals surface area (Å²) in [6.45, 7) is 2.25. The summed E-state index contributed by atoms with van der Waals surface area (Å²) in [4.78, 5) is 12.8. The van der Waals surface area contributed by atoms with Gasteiger partial charge >= 0.3 is 0 Å². The minimum atomic E-state index is -3.83. The normalized spacial score (nSPS) is 15.1. The molecule has 0 unspecified atom stereocenters. The fourth-order valence-corrected chi connectivity index (χ4v) is 5.80. The Balaban J connectivity index is 1.87. The Morgan fingerprint density at radius 2 is 1.82 bits per heavy atom. The summed E-state index contributed by atoms with van der Waals surface area (Å²) in [5.41, 5.74) is 1.08. The number of methoxy groups -OCH3 is 1. The Labute approximate surface area is 204 Å². The summed E-state index contributed by atoms with van der Waals surface area (Å²) in [6.07, 6.45) is 0.976. The number of nitrogens with one attached hydrogen (secondary N) is 1. The van der Waals surface area contributed by atoms with Gasteiger partial charge in [0.05, 0.1) is 42.8 Å². The minimum absolute atomic E-state index is 0.0317. The van der Waals surface area contributed by atoms with E-state index in [1.54, 1.807) is 19.1 Å². The Morgan fingerprint density at radius 1 is 1.15 bits per heavy atom. The van der Waals surface area contributed by atoms with Crippen molar-refractivity contribution in [2.24, 2.45) is 0 Å². The molecule has 1 aliphatic rings. The van der Waals surface area contributed by atoms with Crippen LogP contribution in [0.2, 0.25) is 5.02 Å². The summed E-state index contributed by atoms with van der Waals surface area (Å²) < 4.78 is 63.4. The number of hydrogen-bond donors (Lipinski definition) is 1. The molecule has 1 heterocycles. The number of carbonyl (C=O) groups is 1. The van der Waals surface area contributed by atoms with Crippen LogP contribution >= 0.6 is 11.6 Å². The summed E-state index contributed by atoms with van der Waals surface area (Å²) in [5, 5.41) is 2.92. The van der Waals surface area contributed by atoms with Gasteiger partial charge in [-0.2, -0.15) is 4.31 Å². The molecule has 0 bridgehead atoms. The molecule has 0 atom stereocenters. The van der Waals surface area contributed by atoms with Gasteiger partial charge in [-0.3, -0.25) is 9.10 Å². The molecule has 1 aliphatic heterocycles. The van der Waals surface area contributed by atoms with Crippen molar-refractivity contribution < 1.29 is 31.1 Å². The van der Waals surface area contributed by atoms with E-state index in [1.165, 1.54) is 35.7 Å². The molecular weight excluding hydrogens is 506 g/mol. The van der Waals surface area contributed by atoms with Crippen LogP contribution in [-0.4, -0.2) is 73.3 Å². The molecule has 1 N–H and O–H groups in total. The SMILES string of the molecule is COc1ccc(S(=O)(=O)N2CCOCC2)cc1NC(=O)CN(c1ccc(C)c(Cl)c1)S(C)(=O)=O. The Kier molecular flexibility index (Phi) is 8.09. The molecule has 10 nitrogen and oxygen atoms in total. The lowest BCUT2D eigenvalue weighted by Gasteiger charge is -2.26. The van der Waals surface area contributed by atoms with Crippen molar-refractivity contribution >= 4 is 48.9 Å². The molecule has 2 aromatic carbocycles. The second-order valence-corrected chi connectivity index (χ2v) is 11.9. The molecule has 0 radical (unpaired) electrons. The van der Waals surface area contributed by atoms with Gasteiger partial charge in [0.15, 0.2) is 0 Å². The Morgan fingerprint density at radius 3 is 2.41 bits per heavy atom. The van der Waals surface area contributed by atoms with Gasteiger partial charge in [-0.15, -0.1) is 0 Å². The number of halogens is 1. The molecule has 0 spiro atoms. The lowest BCUT2D eigenvalue weighted by Crippen LogP contribution is -2.40. The van der Waals surface area contributed by atoms with Crippen LogP contribution in [0.4, 0.5) is 11.4 Å². The third kappa shape index (κ3) is 5.99. The summed E-state index contributed by atoms with van der Waals surface area (Å²) in [6, 6.07) is 8.76. The van der Waals surface area contributed by atoms with E-state index in [-0.39, 0.29) is 35.1 Å². The highest BCUT2D eigenvalue weighted by atomic mass is 35.5. The maximum Gasteiger partial charge on any atom is 0.245 e. The highest BCUT2D eigenvalue weighted by Crippen LogP contribution is 2.30. The standard InChI is InChI=1S/C21H26ClN3O7S2/c1-15-4-5-16(12-18(15)22)25(33(3,27)28)14-21(26)23-19-13-17(6-7-20(19)31-2)34(29,30)24-8-10-32-11-9-24/h4-7,12-13H,8-11,14H2,1-3H3,(H,23,26). The zero-order valence-corrected chi connectivity index (χ0v) is 21.3. The maximum absolute atomic E-state index is 13.0. The van der Waals surface area contributed by atoms with Gasteiger partial charge in [0.25, 0.3) is 0 Å². The van der Waals surface area contributed by atoms with Crippen LogP contribution in [0.3, 0.4) is 0 Å². The number of sulfonamides is 2. The average Bonchev–Trinajstić information content (AvgIpc) is 2.79. The molecule has 0 saturated carbocycles. The quantitative estimate of drug-likeness (QED) is 0.553. The molecule has 34 heavy (non-hydrogen) atoms. The number of rotatable bonds is 8. The lowest BCUT2D eigenvalue weighted by molar-refractivity contribution is -0.114. The van der Waals surface area contributed by atoms with E-state index in [0.717, 1.165) is 16.1 Å². The molecule has 186 valence electrons. The molecule has 1 saturated heterocycles. The van der Waals surface area contributed by atoms with Crippen LogP contribution in [0, 0.1) is 6.92 Å². The van der Waals surface area contributed by atoms with Crippen molar-refractivity contribution in [2.75, 3.05) is 55.8 Å². The number of amides is 1. The van der Waals surface area contributed by atoms with Crippen molar-refractivity contribution in [1.29, 1.82) is 0 Å². The molecular formula is C21H26ClN3O7S2. The largest absolute Gasteiger partial charge is 0.495 e. The summed E-state index contributed by atoms with van der Waals surface area (Å²) >= 11 is 6.13. The monoisotopic (exact) mass is 531 g/mol. The summed E-state index contributed by atoms with van der Waals surface area (Å²) in [5.74, 6) is -0.472. The van der Waals surface area contributed by atoms with Crippen molar-refractivity contribution in [1.82, 2.24) is 4.31 Å². The minimum Gasteiger partial charge on any atom is -0.495 e. The molecule has 13 heteroatoms. The molecule has 0 aromatic heterocycles. The molecule has 0 aliphatic carbocycles. The number of morpholine rings is 1. The van der Waals surface area contributed by atoms with Crippen LogP contribution in [0.1, 0.15) is 5.56 Å². The van der Waals surface area contributed by atoms with E-state index in [2.05, 4.69) is 5.32 Å². The van der Waals surface area contributed by atoms with E-state index in [1.807, 2.05) is 0 Å². The van der Waals surface area contributed by atoms with Gasteiger partial charge in [0, 0.05) is 18.1 Å². The van der Waals surface area contributed by atoms with Crippen LogP contribution in [-0.2, 0) is 29.6 Å². The molecule has 1 fully saturated rings. The first kappa shape index (κ1) is 26.2. The third-order valence-electron chi connectivity index (χ3n) is 5.18. The highest BCUT2D eigenvalue weighted by molar-refractivity contribution is 7.92. The van der Waals surface area contributed by atoms with Crippen LogP contribution < -0.4 is 14.4 Å². The Hall–Kier alpha value is -2.38. The first-order valence-corrected chi connectivity index (χ1v) is 13.9. The van der Waals surface area contributed by atoms with E-state index in [4.69, 9.17) is 21.1 Å². The van der Waals surface area contributed by atoms with E-state index in [0.29, 0.717) is 18.2 Å². The third-order valence-corrected chi connectivity index (χ3v) is 8.63. The molecule has 1 amide bonds. The number of aryl methyl sites for hydroxylation is 1. The van der Waals surface area contributed by atoms with Gasteiger partial charge in [0.1, 0.15) is 12.3 Å². The predicted molar refractivity (Wildman–Crippen MR) is 130 cm³/mol. The van der Waals surface area contributed by atoms with Gasteiger partial charge in [-0.05, 0) is 42.8 Å². The number of anilines is 2. The number of benzene rings is 2. The van der Waals surface area contributed by atoms with Crippen molar-refractivity contribution in [3.05, 3.63) is 47.0 Å². The number of carbonyl (C=O) groups excluding carboxylic acids is 1. The van der Waals surface area contributed by atoms with Gasteiger partial charge in [-0.25, -0.2) is 16.8 Å². The zero-order chi connectivity index (χ0) is 25.1. The maximum atomic E-state index is 13.0. The highest BCUT2D eigenvalue weighted by Gasteiger charge is 2.28. The van der Waals surface area contributed by atoms with E-state index < -0.39 is 32.5 Å². The van der Waals surface area contributed by atoms with Gasteiger partial charge in [0.2, 0.25) is 26.0 Å². The second-order valence-electron chi connectivity index (χ2n) is 7.63. The Bertz CT molecular complexity index is 1280. The molecule has 2 aromatic rings. The number of ether oxygens (including phenoxy) is 2. The van der Waals surface area contributed by atoms with E-state index in [9.17, 15) is 21.6 Å². The first-order valence-electron chi connectivity index (χ1n) is 10.2.